The Balaban J connectivity index is 1.52. The highest BCUT2D eigenvalue weighted by molar-refractivity contribution is 8.19. The van der Waals surface area contributed by atoms with Crippen LogP contribution in [0.15, 0.2) is 109 Å². The summed E-state index contributed by atoms with van der Waals surface area (Å²) in [5.41, 5.74) is 4.78. The molecule has 0 spiro atoms. The molecule has 0 fully saturated rings. The van der Waals surface area contributed by atoms with Crippen molar-refractivity contribution in [3.05, 3.63) is 84.0 Å². The van der Waals surface area contributed by atoms with Crippen molar-refractivity contribution in [3.63, 3.8) is 0 Å². The molecule has 2 amide bonds. The Bertz CT molecular complexity index is 2730. The molecule has 21 nitrogen and oxygen atoms in total. The Morgan fingerprint density at radius 1 is 0.741 bits per heavy atom. The molecular formula is C28H24ClN9O12S4. The highest BCUT2D eigenvalue weighted by Gasteiger charge is 2.26. The van der Waals surface area contributed by atoms with Crippen LogP contribution >= 0.6 is 22.5 Å². The van der Waals surface area contributed by atoms with Gasteiger partial charge in [-0.1, -0.05) is 12.6 Å². The molecule has 0 unspecified atom stereocenters. The number of anilines is 5. The number of rotatable bonds is 12. The first-order chi connectivity index (χ1) is 25.0. The van der Waals surface area contributed by atoms with Crippen LogP contribution in [0.5, 0.6) is 0 Å². The quantitative estimate of drug-likeness (QED) is 0.0508. The smallest absolute Gasteiger partial charge is 0.316 e. The number of carbonyl (C=O) groups excluding carboxylic acids is 1. The lowest BCUT2D eigenvalue weighted by Gasteiger charge is -2.20. The number of fused-ring (bicyclic) bond motifs is 1. The number of nitrogens with one attached hydrogen (secondary N) is 3. The summed E-state index contributed by atoms with van der Waals surface area (Å²) in [4.78, 5) is 21.2. The average molecular weight is 842 g/mol. The maximum Gasteiger partial charge on any atom is 0.316 e. The molecule has 0 radical (unpaired) electrons. The number of halogens is 1. The maximum atomic E-state index is 12.3. The summed E-state index contributed by atoms with van der Waals surface area (Å²) in [5, 5.41) is 15.3. The molecule has 5 aromatic rings. The summed E-state index contributed by atoms with van der Waals surface area (Å²) in [7, 11) is -18.6. The zero-order chi connectivity index (χ0) is 39.8. The number of primary amides is 1. The topological polar surface area (TPSA) is 346 Å². The number of nitrogens with two attached hydrogens (primary N) is 1. The Hall–Kier alpha value is -5.35. The number of carbonyl (C=O) groups is 1. The Labute approximate surface area is 311 Å². The number of urea groups is 1. The Morgan fingerprint density at radius 3 is 1.93 bits per heavy atom. The number of benzene rings is 4. The third kappa shape index (κ3) is 9.41. The van der Waals surface area contributed by atoms with E-state index in [0.29, 0.717) is 12.1 Å². The molecule has 284 valence electrons. The van der Waals surface area contributed by atoms with Gasteiger partial charge in [0.15, 0.2) is 9.84 Å². The van der Waals surface area contributed by atoms with Crippen molar-refractivity contribution in [2.45, 2.75) is 19.6 Å². The number of hydrogen-bond acceptors (Lipinski definition) is 17. The number of aromatic nitrogens is 3. The van der Waals surface area contributed by atoms with Gasteiger partial charge in [0.05, 0.1) is 15.5 Å². The second kappa shape index (κ2) is 14.8. The predicted molar refractivity (Wildman–Crippen MR) is 196 cm³/mol. The molecule has 0 aliphatic carbocycles. The fourth-order valence-corrected chi connectivity index (χ4v) is 7.50. The molecule has 26 heteroatoms. The summed E-state index contributed by atoms with van der Waals surface area (Å²) in [6.45, 7) is 3.29. The SMILES string of the molecule is C=CS(=O)(=O)c1cccc(Nc2nc(Cl)nc(Nc3ccc(N=Nc4cc5c(S(=O)(=O)O)cc(S(O)(O)O)cc5cc4S(=O)(=O)O)c(NC(N)=O)c3)n2)c1. The van der Waals surface area contributed by atoms with Crippen molar-refractivity contribution < 1.29 is 52.8 Å². The van der Waals surface area contributed by atoms with E-state index in [4.69, 9.17) is 17.3 Å². The molecule has 1 aromatic heterocycles. The van der Waals surface area contributed by atoms with Gasteiger partial charge in [-0.05, 0) is 77.7 Å². The minimum atomic E-state index is -5.15. The Morgan fingerprint density at radius 2 is 1.35 bits per heavy atom. The van der Waals surface area contributed by atoms with Crippen LogP contribution in [0.3, 0.4) is 0 Å². The summed E-state index contributed by atoms with van der Waals surface area (Å²) in [6, 6.07) is 11.3. The van der Waals surface area contributed by atoms with E-state index < -0.39 is 78.1 Å². The van der Waals surface area contributed by atoms with Gasteiger partial charge in [0.1, 0.15) is 32.0 Å². The predicted octanol–water partition coefficient (Wildman–Crippen LogP) is 6.06. The molecule has 10 N–H and O–H groups in total. The molecule has 5 rings (SSSR count). The Kier molecular flexibility index (Phi) is 10.9. The molecule has 0 aliphatic heterocycles. The van der Waals surface area contributed by atoms with Crippen LogP contribution in [0.4, 0.5) is 45.1 Å². The van der Waals surface area contributed by atoms with Crippen LogP contribution in [-0.4, -0.2) is 69.0 Å². The van der Waals surface area contributed by atoms with Crippen LogP contribution in [0, 0.1) is 0 Å². The third-order valence-corrected chi connectivity index (χ3v) is 11.0. The number of sulfone groups is 1. The fraction of sp³-hybridized carbons (Fsp3) is 0. The van der Waals surface area contributed by atoms with Crippen molar-refractivity contribution in [3.8, 4) is 0 Å². The number of amides is 2. The monoisotopic (exact) mass is 841 g/mol. The van der Waals surface area contributed by atoms with E-state index in [1.807, 2.05) is 0 Å². The first-order valence-corrected chi connectivity index (χ1v) is 20.5. The summed E-state index contributed by atoms with van der Waals surface area (Å²) in [5.74, 6) is -0.240. The van der Waals surface area contributed by atoms with Crippen molar-refractivity contribution in [2.24, 2.45) is 16.0 Å². The molecule has 0 bridgehead atoms. The molecule has 0 atom stereocenters. The second-order valence-electron chi connectivity index (χ2n) is 10.6. The lowest BCUT2D eigenvalue weighted by Crippen LogP contribution is -2.19. The number of azo groups is 1. The lowest BCUT2D eigenvalue weighted by atomic mass is 10.1. The molecular weight excluding hydrogens is 818 g/mol. The fourth-order valence-electron chi connectivity index (χ4n) is 4.58. The standard InChI is InChI=1S/C28H24ClN9O12S4/c1-2-51(40,41)17-5-3-4-15(10-17)31-27-34-25(29)35-28(36-27)32-16-6-7-20(21(11-16)33-26(30)39)37-38-22-13-19-14(9-24(22)54(48,49)50)8-18(52(42,43)44)12-23(19)53(45,46)47/h2-13,42-44H,1H2,(H3,30,33,39)(H,45,46,47)(H,48,49,50)(H2,31,32,34,35,36). The van der Waals surface area contributed by atoms with Crippen LogP contribution < -0.4 is 21.7 Å². The second-order valence-corrected chi connectivity index (χ2v) is 17.1. The molecule has 4 aromatic carbocycles. The first-order valence-electron chi connectivity index (χ1n) is 14.2. The van der Waals surface area contributed by atoms with Gasteiger partial charge < -0.3 is 35.3 Å². The van der Waals surface area contributed by atoms with E-state index in [1.54, 1.807) is 0 Å². The largest absolute Gasteiger partial charge is 0.351 e. The van der Waals surface area contributed by atoms with Gasteiger partial charge in [0.2, 0.25) is 17.2 Å². The van der Waals surface area contributed by atoms with Crippen molar-refractivity contribution in [2.75, 3.05) is 16.0 Å². The molecule has 0 saturated heterocycles. The van der Waals surface area contributed by atoms with Gasteiger partial charge in [-0.15, -0.1) is 10.2 Å². The van der Waals surface area contributed by atoms with Crippen LogP contribution in [0.2, 0.25) is 5.28 Å². The summed E-state index contributed by atoms with van der Waals surface area (Å²) >= 11 is 6.08. The van der Waals surface area contributed by atoms with Crippen LogP contribution in [0.1, 0.15) is 0 Å². The zero-order valence-corrected chi connectivity index (χ0v) is 30.6. The number of nitrogens with zero attached hydrogens (tertiary/aromatic N) is 5. The van der Waals surface area contributed by atoms with Crippen LogP contribution in [0.25, 0.3) is 10.8 Å². The highest BCUT2D eigenvalue weighted by atomic mass is 35.5. The van der Waals surface area contributed by atoms with E-state index in [1.165, 1.54) is 42.5 Å². The van der Waals surface area contributed by atoms with E-state index in [0.717, 1.165) is 17.5 Å². The van der Waals surface area contributed by atoms with E-state index >= 15 is 0 Å². The van der Waals surface area contributed by atoms with Gasteiger partial charge >= 0.3 is 6.03 Å². The van der Waals surface area contributed by atoms with Gasteiger partial charge in [0, 0.05) is 22.2 Å². The first kappa shape index (κ1) is 39.8. The van der Waals surface area contributed by atoms with E-state index in [9.17, 15) is 52.8 Å². The third-order valence-electron chi connectivity index (χ3n) is 6.86. The molecule has 1 heterocycles. The minimum Gasteiger partial charge on any atom is -0.351 e. The number of hydrogen-bond donors (Lipinski definition) is 9. The van der Waals surface area contributed by atoms with E-state index in [2.05, 4.69) is 47.7 Å². The van der Waals surface area contributed by atoms with Crippen molar-refractivity contribution in [1.29, 1.82) is 0 Å². The molecule has 0 aliphatic rings. The summed E-state index contributed by atoms with van der Waals surface area (Å²) < 4.78 is 122. The van der Waals surface area contributed by atoms with Crippen molar-refractivity contribution >= 4 is 110 Å². The van der Waals surface area contributed by atoms with Crippen LogP contribution in [-0.2, 0) is 30.1 Å². The van der Waals surface area contributed by atoms with Gasteiger partial charge in [-0.3, -0.25) is 9.11 Å². The molecule has 0 saturated carbocycles. The van der Waals surface area contributed by atoms with Gasteiger partial charge in [-0.2, -0.15) is 31.8 Å². The minimum absolute atomic E-state index is 0.0517. The van der Waals surface area contributed by atoms with E-state index in [-0.39, 0.29) is 44.8 Å². The maximum absolute atomic E-state index is 12.3. The summed E-state index contributed by atoms with van der Waals surface area (Å²) in [6.07, 6.45) is 0. The highest BCUT2D eigenvalue weighted by Crippen LogP contribution is 2.47. The molecule has 54 heavy (non-hydrogen) atoms. The van der Waals surface area contributed by atoms with Crippen molar-refractivity contribution in [1.82, 2.24) is 15.0 Å². The zero-order valence-electron chi connectivity index (χ0n) is 26.6. The average Bonchev–Trinajstić information content (AvgIpc) is 3.05. The normalized spacial score (nSPS) is 12.8. The van der Waals surface area contributed by atoms with Gasteiger partial charge in [-0.25, -0.2) is 13.2 Å². The van der Waals surface area contributed by atoms with Gasteiger partial charge in [0.25, 0.3) is 20.2 Å². The lowest BCUT2D eigenvalue weighted by molar-refractivity contribution is 0.259.